The van der Waals surface area contributed by atoms with Crippen LogP contribution in [0.1, 0.15) is 42.0 Å². The summed E-state index contributed by atoms with van der Waals surface area (Å²) in [6.45, 7) is 3.70. The average Bonchev–Trinajstić information content (AvgIpc) is 3.48. The maximum absolute atomic E-state index is 13.6. The van der Waals surface area contributed by atoms with Gasteiger partial charge in [0.1, 0.15) is 23.2 Å². The minimum Gasteiger partial charge on any atom is -0.467 e. The second-order valence-corrected chi connectivity index (χ2v) is 7.84. The number of aryl methyl sites for hydroxylation is 1. The lowest BCUT2D eigenvalue weighted by Crippen LogP contribution is -2.41. The third kappa shape index (κ3) is 4.76. The van der Waals surface area contributed by atoms with Crippen molar-refractivity contribution in [3.05, 3.63) is 86.7 Å². The maximum Gasteiger partial charge on any atom is 0.330 e. The zero-order chi connectivity index (χ0) is 25.1. The Morgan fingerprint density at radius 3 is 2.63 bits per heavy atom. The van der Waals surface area contributed by atoms with Gasteiger partial charge in [0.2, 0.25) is 5.82 Å². The van der Waals surface area contributed by atoms with Crippen molar-refractivity contribution in [2.75, 3.05) is 10.6 Å². The number of nitrogen functional groups attached to an aromatic ring is 1. The molecule has 0 aliphatic carbocycles. The monoisotopic (exact) mass is 481 g/mol. The predicted octanol–water partition coefficient (Wildman–Crippen LogP) is 2.39. The highest BCUT2D eigenvalue weighted by Gasteiger charge is 2.29. The molecule has 0 atom stereocenters. The van der Waals surface area contributed by atoms with E-state index in [2.05, 4.69) is 15.1 Å². The van der Waals surface area contributed by atoms with Crippen molar-refractivity contribution in [3.63, 3.8) is 0 Å². The van der Waals surface area contributed by atoms with Gasteiger partial charge in [-0.15, -0.1) is 5.10 Å². The van der Waals surface area contributed by atoms with Gasteiger partial charge in [-0.3, -0.25) is 24.0 Å². The molecule has 0 fully saturated rings. The Kier molecular flexibility index (Phi) is 6.62. The topological polar surface area (TPSA) is 145 Å². The van der Waals surface area contributed by atoms with Crippen LogP contribution in [0.5, 0.6) is 0 Å². The second-order valence-electron chi connectivity index (χ2n) is 7.84. The molecular weight excluding hydrogens is 457 g/mol. The molecule has 0 saturated carbocycles. The van der Waals surface area contributed by atoms with Gasteiger partial charge in [0.05, 0.1) is 18.5 Å². The molecule has 0 spiro atoms. The summed E-state index contributed by atoms with van der Waals surface area (Å²) in [4.78, 5) is 46.4. The molecule has 1 amide bonds. The van der Waals surface area contributed by atoms with Crippen LogP contribution in [0.25, 0.3) is 5.69 Å². The van der Waals surface area contributed by atoms with Gasteiger partial charge in [-0.05, 0) is 49.7 Å². The number of hydrogen-bond donors (Lipinski definition) is 2. The smallest absolute Gasteiger partial charge is 0.330 e. The number of benzene rings is 1. The van der Waals surface area contributed by atoms with E-state index in [0.29, 0.717) is 23.7 Å². The summed E-state index contributed by atoms with van der Waals surface area (Å²) in [5.41, 5.74) is 5.05. The fourth-order valence-electron chi connectivity index (χ4n) is 3.62. The Balaban J connectivity index is 1.81. The number of nitrogens with one attached hydrogen (secondary N) is 1. The van der Waals surface area contributed by atoms with Gasteiger partial charge < -0.3 is 10.2 Å². The van der Waals surface area contributed by atoms with Crippen LogP contribution < -0.4 is 21.9 Å². The average molecular weight is 481 g/mol. The van der Waals surface area contributed by atoms with Crippen molar-refractivity contribution in [1.82, 2.24) is 24.3 Å². The molecular formula is C23H24FN7O4. The molecule has 35 heavy (non-hydrogen) atoms. The van der Waals surface area contributed by atoms with Gasteiger partial charge in [0, 0.05) is 6.54 Å². The first-order chi connectivity index (χ1) is 16.8. The Morgan fingerprint density at radius 2 is 1.97 bits per heavy atom. The van der Waals surface area contributed by atoms with E-state index in [4.69, 9.17) is 10.2 Å². The van der Waals surface area contributed by atoms with Crippen molar-refractivity contribution < 1.29 is 13.6 Å². The lowest BCUT2D eigenvalue weighted by Gasteiger charge is -2.22. The SMILES string of the molecule is CCCCn1c(N)c(N(Cc2ccco2)C(=O)c2nc(C)n(-c3ccc(F)cc3)n2)c(=O)[nH]c1=O. The molecule has 3 N–H and O–H groups in total. The number of amides is 1. The number of hydrogen-bond acceptors (Lipinski definition) is 7. The molecule has 0 unspecified atom stereocenters. The van der Waals surface area contributed by atoms with E-state index < -0.39 is 23.0 Å². The van der Waals surface area contributed by atoms with E-state index in [1.807, 2.05) is 6.92 Å². The van der Waals surface area contributed by atoms with Gasteiger partial charge in [-0.1, -0.05) is 13.3 Å². The minimum absolute atomic E-state index is 0.151. The molecule has 11 nitrogen and oxygen atoms in total. The van der Waals surface area contributed by atoms with Crippen molar-refractivity contribution >= 4 is 17.4 Å². The third-order valence-corrected chi connectivity index (χ3v) is 5.39. The summed E-state index contributed by atoms with van der Waals surface area (Å²) in [5.74, 6) is -0.778. The fraction of sp³-hybridized carbons (Fsp3) is 0.261. The molecule has 4 rings (SSSR count). The minimum atomic E-state index is -0.824. The van der Waals surface area contributed by atoms with Gasteiger partial charge in [-0.25, -0.2) is 18.9 Å². The van der Waals surface area contributed by atoms with Crippen LogP contribution in [0.2, 0.25) is 0 Å². The van der Waals surface area contributed by atoms with E-state index in [9.17, 15) is 18.8 Å². The Bertz CT molecular complexity index is 1450. The second kappa shape index (κ2) is 9.79. The number of unbranched alkanes of at least 4 members (excludes halogenated alkanes) is 1. The summed E-state index contributed by atoms with van der Waals surface area (Å²) >= 11 is 0. The quantitative estimate of drug-likeness (QED) is 0.393. The van der Waals surface area contributed by atoms with E-state index in [-0.39, 0.29) is 30.4 Å². The van der Waals surface area contributed by atoms with Crippen molar-refractivity contribution in [2.24, 2.45) is 0 Å². The number of H-pyrrole nitrogens is 1. The first-order valence-corrected chi connectivity index (χ1v) is 11.0. The number of furan rings is 1. The Labute approximate surface area is 198 Å². The summed E-state index contributed by atoms with van der Waals surface area (Å²) in [5, 5.41) is 4.27. The summed E-state index contributed by atoms with van der Waals surface area (Å²) in [7, 11) is 0. The molecule has 3 heterocycles. The lowest BCUT2D eigenvalue weighted by molar-refractivity contribution is 0.0973. The normalized spacial score (nSPS) is 11.1. The number of carbonyl (C=O) groups is 1. The zero-order valence-electron chi connectivity index (χ0n) is 19.2. The van der Waals surface area contributed by atoms with E-state index >= 15 is 0 Å². The summed E-state index contributed by atoms with van der Waals surface area (Å²) in [6, 6.07) is 8.80. The van der Waals surface area contributed by atoms with Gasteiger partial charge in [-0.2, -0.15) is 0 Å². The highest BCUT2D eigenvalue weighted by atomic mass is 19.1. The molecule has 1 aromatic carbocycles. The van der Waals surface area contributed by atoms with E-state index in [1.54, 1.807) is 19.1 Å². The molecule has 3 aromatic heterocycles. The van der Waals surface area contributed by atoms with Crippen molar-refractivity contribution in [3.8, 4) is 5.69 Å². The highest BCUT2D eigenvalue weighted by molar-refractivity contribution is 6.04. The van der Waals surface area contributed by atoms with Crippen LogP contribution in [-0.2, 0) is 13.1 Å². The Hall–Kier alpha value is -4.48. The predicted molar refractivity (Wildman–Crippen MR) is 126 cm³/mol. The molecule has 0 saturated heterocycles. The van der Waals surface area contributed by atoms with Crippen LogP contribution in [-0.4, -0.2) is 30.2 Å². The number of aromatic nitrogens is 5. The maximum atomic E-state index is 13.6. The first kappa shape index (κ1) is 23.7. The van der Waals surface area contributed by atoms with Gasteiger partial charge in [0.15, 0.2) is 5.69 Å². The molecule has 4 aromatic rings. The van der Waals surface area contributed by atoms with Crippen LogP contribution in [0.15, 0.2) is 56.7 Å². The lowest BCUT2D eigenvalue weighted by atomic mass is 10.3. The molecule has 12 heteroatoms. The van der Waals surface area contributed by atoms with Crippen molar-refractivity contribution in [2.45, 2.75) is 39.8 Å². The molecule has 0 aliphatic rings. The number of nitrogens with zero attached hydrogens (tertiary/aromatic N) is 5. The number of anilines is 2. The first-order valence-electron chi connectivity index (χ1n) is 11.0. The van der Waals surface area contributed by atoms with Gasteiger partial charge >= 0.3 is 5.69 Å². The number of rotatable bonds is 8. The van der Waals surface area contributed by atoms with Crippen LogP contribution >= 0.6 is 0 Å². The molecule has 0 aliphatic heterocycles. The van der Waals surface area contributed by atoms with E-state index in [0.717, 1.165) is 11.3 Å². The van der Waals surface area contributed by atoms with E-state index in [1.165, 1.54) is 39.8 Å². The fourth-order valence-corrected chi connectivity index (χ4v) is 3.62. The standard InChI is InChI=1S/C23H24FN7O4/c1-3-4-11-29-19(25)18(21(32)27-23(29)34)30(13-17-6-5-12-35-17)22(33)20-26-14(2)31(28-20)16-9-7-15(24)8-10-16/h5-10,12H,3-4,11,13,25H2,1-2H3,(H,27,32,34). The zero-order valence-corrected chi connectivity index (χ0v) is 19.2. The van der Waals surface area contributed by atoms with Crippen LogP contribution in [0, 0.1) is 12.7 Å². The van der Waals surface area contributed by atoms with Crippen LogP contribution in [0.4, 0.5) is 15.9 Å². The van der Waals surface area contributed by atoms with Gasteiger partial charge in [0.25, 0.3) is 11.5 Å². The number of carbonyl (C=O) groups excluding carboxylic acids is 1. The number of aromatic amines is 1. The highest BCUT2D eigenvalue weighted by Crippen LogP contribution is 2.22. The van der Waals surface area contributed by atoms with Crippen LogP contribution in [0.3, 0.4) is 0 Å². The number of halogens is 1. The molecule has 182 valence electrons. The third-order valence-electron chi connectivity index (χ3n) is 5.39. The molecule has 0 radical (unpaired) electrons. The summed E-state index contributed by atoms with van der Waals surface area (Å²) < 4.78 is 21.3. The Morgan fingerprint density at radius 1 is 1.23 bits per heavy atom. The number of nitrogens with two attached hydrogens (primary N) is 1. The van der Waals surface area contributed by atoms with Crippen molar-refractivity contribution in [1.29, 1.82) is 0 Å². The largest absolute Gasteiger partial charge is 0.467 e. The summed E-state index contributed by atoms with van der Waals surface area (Å²) in [6.07, 6.45) is 2.86. The molecule has 0 bridgehead atoms.